The van der Waals surface area contributed by atoms with Gasteiger partial charge in [-0.1, -0.05) is 63.1 Å². The molecule has 2 heteroatoms. The van der Waals surface area contributed by atoms with Gasteiger partial charge in [0.15, 0.2) is 0 Å². The van der Waals surface area contributed by atoms with Crippen molar-refractivity contribution in [2.45, 2.75) is 63.1 Å². The topological polar surface area (TPSA) is 0 Å². The summed E-state index contributed by atoms with van der Waals surface area (Å²) in [5.41, 5.74) is 0. The molecule has 1 fully saturated rings. The van der Waals surface area contributed by atoms with Crippen molar-refractivity contribution >= 4 is 16.9 Å². The van der Waals surface area contributed by atoms with Gasteiger partial charge in [0.05, 0.1) is 8.07 Å². The predicted molar refractivity (Wildman–Crippen MR) is 63.4 cm³/mol. The first-order chi connectivity index (χ1) is 5.70. The third kappa shape index (κ3) is 1.56. The van der Waals surface area contributed by atoms with Crippen LogP contribution in [0.3, 0.4) is 0 Å². The van der Waals surface area contributed by atoms with Gasteiger partial charge in [-0.25, -0.2) is 0 Å². The van der Waals surface area contributed by atoms with Gasteiger partial charge in [-0.05, 0) is 0 Å². The Bertz CT molecular complexity index is 141. The fraction of sp³-hybridized carbons (Fsp3) is 1.00. The fourth-order valence-electron chi connectivity index (χ4n) is 3.26. The van der Waals surface area contributed by atoms with E-state index in [0.717, 1.165) is 0 Å². The van der Waals surface area contributed by atoms with Crippen LogP contribution in [0.4, 0.5) is 0 Å². The maximum Gasteiger partial charge on any atom is 0.0527 e. The molecule has 0 N–H and O–H groups in total. The van der Waals surface area contributed by atoms with Crippen LogP contribution in [0, 0.1) is 0 Å². The van der Waals surface area contributed by atoms with E-state index < -0.39 is 8.07 Å². The van der Waals surface area contributed by atoms with Crippen LogP contribution in [0.15, 0.2) is 0 Å². The summed E-state index contributed by atoms with van der Waals surface area (Å²) in [6.45, 7) is 9.95. The molecule has 72 valence electrons. The van der Waals surface area contributed by atoms with Gasteiger partial charge in [-0.15, -0.1) is 0 Å². The summed E-state index contributed by atoms with van der Waals surface area (Å²) in [5.74, 6) is 0. The summed E-state index contributed by atoms with van der Waals surface area (Å²) in [6, 6.07) is 8.07. The summed E-state index contributed by atoms with van der Waals surface area (Å²) in [6.07, 6.45) is 0. The SMILES string of the molecule is CC[SiH]1CC[Si](CC)(CC)[C@@H]1C. The van der Waals surface area contributed by atoms with E-state index in [9.17, 15) is 0 Å². The third-order valence-electron chi connectivity index (χ3n) is 4.62. The normalized spacial score (nSPS) is 34.0. The zero-order chi connectivity index (χ0) is 9.19. The van der Waals surface area contributed by atoms with Gasteiger partial charge >= 0.3 is 0 Å². The Kier molecular flexibility index (Phi) is 3.59. The highest BCUT2D eigenvalue weighted by Gasteiger charge is 2.44. The first-order valence-electron chi connectivity index (χ1n) is 5.70. The summed E-state index contributed by atoms with van der Waals surface area (Å²) < 4.78 is 0. The van der Waals surface area contributed by atoms with E-state index in [1.54, 1.807) is 30.2 Å². The molecule has 0 aromatic carbocycles. The fourth-order valence-corrected chi connectivity index (χ4v) is 18.7. The summed E-state index contributed by atoms with van der Waals surface area (Å²) in [4.78, 5) is 0. The second-order valence-corrected chi connectivity index (χ2v) is 14.7. The van der Waals surface area contributed by atoms with Crippen molar-refractivity contribution in [1.82, 2.24) is 0 Å². The van der Waals surface area contributed by atoms with E-state index in [4.69, 9.17) is 0 Å². The Morgan fingerprint density at radius 2 is 1.83 bits per heavy atom. The molecule has 12 heavy (non-hydrogen) atoms. The van der Waals surface area contributed by atoms with Crippen LogP contribution in [0.1, 0.15) is 27.7 Å². The van der Waals surface area contributed by atoms with E-state index in [1.807, 2.05) is 0 Å². The van der Waals surface area contributed by atoms with E-state index in [0.29, 0.717) is 0 Å². The van der Waals surface area contributed by atoms with Crippen molar-refractivity contribution in [3.8, 4) is 0 Å². The lowest BCUT2D eigenvalue weighted by Crippen LogP contribution is -2.35. The molecule has 0 aromatic rings. The zero-order valence-electron chi connectivity index (χ0n) is 9.19. The minimum atomic E-state index is -0.706. The summed E-state index contributed by atoms with van der Waals surface area (Å²) >= 11 is 0. The minimum Gasteiger partial charge on any atom is -0.0680 e. The van der Waals surface area contributed by atoms with Gasteiger partial charge in [0.25, 0.3) is 0 Å². The van der Waals surface area contributed by atoms with E-state index in [1.165, 1.54) is 5.16 Å². The molecule has 1 saturated heterocycles. The number of rotatable bonds is 3. The van der Waals surface area contributed by atoms with Gasteiger partial charge in [-0.3, -0.25) is 0 Å². The van der Waals surface area contributed by atoms with E-state index in [-0.39, 0.29) is 8.80 Å². The Morgan fingerprint density at radius 1 is 1.25 bits per heavy atom. The van der Waals surface area contributed by atoms with E-state index >= 15 is 0 Å². The van der Waals surface area contributed by atoms with Gasteiger partial charge in [0.1, 0.15) is 0 Å². The Balaban J connectivity index is 2.68. The molecule has 1 aliphatic heterocycles. The first-order valence-corrected chi connectivity index (χ1v) is 10.7. The second-order valence-electron chi connectivity index (χ2n) is 4.57. The standard InChI is InChI=1S/C10H24Si2/c1-5-11-8-9-12(6-2,7-3)10(11)4/h10-11H,5-9H2,1-4H3/t10-,11?/m1/s1. The van der Waals surface area contributed by atoms with Crippen LogP contribution in [0.25, 0.3) is 0 Å². The van der Waals surface area contributed by atoms with Crippen LogP contribution in [0.2, 0.25) is 35.4 Å². The largest absolute Gasteiger partial charge is 0.0680 e. The number of hydrogen-bond acceptors (Lipinski definition) is 0. The molecule has 1 aliphatic rings. The Hall–Kier alpha value is 0.434. The lowest BCUT2D eigenvalue weighted by molar-refractivity contribution is 1.10. The monoisotopic (exact) mass is 200 g/mol. The van der Waals surface area contributed by atoms with Gasteiger partial charge in [0.2, 0.25) is 0 Å². The first kappa shape index (κ1) is 10.5. The molecule has 0 saturated carbocycles. The molecule has 2 atom stereocenters. The zero-order valence-corrected chi connectivity index (χ0v) is 11.3. The molecule has 0 radical (unpaired) electrons. The van der Waals surface area contributed by atoms with Crippen molar-refractivity contribution in [1.29, 1.82) is 0 Å². The molecule has 0 amide bonds. The van der Waals surface area contributed by atoms with Crippen molar-refractivity contribution in [2.24, 2.45) is 0 Å². The summed E-state index contributed by atoms with van der Waals surface area (Å²) in [7, 11) is -0.959. The highest BCUT2D eigenvalue weighted by Crippen LogP contribution is 2.45. The quantitative estimate of drug-likeness (QED) is 0.610. The predicted octanol–water partition coefficient (Wildman–Crippen LogP) is 3.66. The maximum absolute atomic E-state index is 2.60. The Morgan fingerprint density at radius 3 is 2.08 bits per heavy atom. The van der Waals surface area contributed by atoms with Crippen LogP contribution in [-0.2, 0) is 0 Å². The Labute approximate surface area is 80.4 Å². The number of hydrogen-bond donors (Lipinski definition) is 0. The van der Waals surface area contributed by atoms with Crippen LogP contribution in [0.5, 0.6) is 0 Å². The van der Waals surface area contributed by atoms with Crippen molar-refractivity contribution < 1.29 is 0 Å². The van der Waals surface area contributed by atoms with Crippen LogP contribution >= 0.6 is 0 Å². The van der Waals surface area contributed by atoms with Crippen molar-refractivity contribution in [2.75, 3.05) is 0 Å². The van der Waals surface area contributed by atoms with Gasteiger partial charge in [-0.2, -0.15) is 0 Å². The lowest BCUT2D eigenvalue weighted by Gasteiger charge is -2.31. The molecule has 1 unspecified atom stereocenters. The van der Waals surface area contributed by atoms with E-state index in [2.05, 4.69) is 27.7 Å². The third-order valence-corrected chi connectivity index (χ3v) is 18.3. The molecule has 1 heterocycles. The van der Waals surface area contributed by atoms with Crippen molar-refractivity contribution in [3.05, 3.63) is 0 Å². The van der Waals surface area contributed by atoms with Crippen molar-refractivity contribution in [3.63, 3.8) is 0 Å². The molecule has 0 aliphatic carbocycles. The minimum absolute atomic E-state index is 0.253. The molecule has 1 rings (SSSR count). The molecule has 0 spiro atoms. The maximum atomic E-state index is 2.60. The highest BCUT2D eigenvalue weighted by atomic mass is 28.4. The van der Waals surface area contributed by atoms with Crippen LogP contribution in [-0.4, -0.2) is 16.9 Å². The smallest absolute Gasteiger partial charge is 0.0527 e. The lowest BCUT2D eigenvalue weighted by atomic mass is 10.9. The average Bonchev–Trinajstić information content (AvgIpc) is 2.43. The molecular formula is C10H24Si2. The highest BCUT2D eigenvalue weighted by molar-refractivity contribution is 6.96. The van der Waals surface area contributed by atoms with Gasteiger partial charge < -0.3 is 0 Å². The van der Waals surface area contributed by atoms with Gasteiger partial charge in [0, 0.05) is 8.80 Å². The molecule has 0 aromatic heterocycles. The second kappa shape index (κ2) is 4.10. The van der Waals surface area contributed by atoms with Crippen LogP contribution < -0.4 is 0 Å². The average molecular weight is 200 g/mol. The molecular weight excluding hydrogens is 176 g/mol. The molecule has 0 nitrogen and oxygen atoms in total. The summed E-state index contributed by atoms with van der Waals surface area (Å²) in [5, 5.41) is 1.25. The molecule has 0 bridgehead atoms.